The summed E-state index contributed by atoms with van der Waals surface area (Å²) in [6, 6.07) is 7.76. The van der Waals surface area contributed by atoms with Gasteiger partial charge in [0.25, 0.3) is 5.91 Å². The summed E-state index contributed by atoms with van der Waals surface area (Å²) in [7, 11) is 0. The van der Waals surface area contributed by atoms with Gasteiger partial charge in [0, 0.05) is 29.7 Å². The van der Waals surface area contributed by atoms with Crippen LogP contribution in [-0.2, 0) is 0 Å². The van der Waals surface area contributed by atoms with Gasteiger partial charge in [-0.15, -0.1) is 12.4 Å². The van der Waals surface area contributed by atoms with Crippen molar-refractivity contribution in [3.05, 3.63) is 34.9 Å². The molecule has 3 nitrogen and oxygen atoms in total. The fourth-order valence-electron chi connectivity index (χ4n) is 2.72. The third kappa shape index (κ3) is 4.60. The van der Waals surface area contributed by atoms with Crippen LogP contribution >= 0.6 is 24.0 Å². The number of hydrogen-bond acceptors (Lipinski definition) is 2. The number of nitrogens with zero attached hydrogens (tertiary/aromatic N) is 1. The lowest BCUT2D eigenvalue weighted by Gasteiger charge is -2.32. The monoisotopic (exact) mass is 328 g/mol. The SMILES string of the molecule is Cl.O=C(c1ccc(Cl)cc1)N1CCC(NCC2CC2)CC1. The molecule has 2 fully saturated rings. The Balaban J connectivity index is 0.00000161. The number of nitrogens with one attached hydrogen (secondary N) is 1. The molecule has 0 radical (unpaired) electrons. The standard InChI is InChI=1S/C16H21ClN2O.ClH/c17-14-5-3-13(4-6-14)16(20)19-9-7-15(8-10-19)18-11-12-1-2-12;/h3-6,12,15,18H,1-2,7-11H2;1H. The molecule has 0 spiro atoms. The number of amides is 1. The molecule has 1 amide bonds. The first-order valence-corrected chi connectivity index (χ1v) is 7.88. The van der Waals surface area contributed by atoms with Gasteiger partial charge in [0.2, 0.25) is 0 Å². The summed E-state index contributed by atoms with van der Waals surface area (Å²) < 4.78 is 0. The summed E-state index contributed by atoms with van der Waals surface area (Å²) in [5.41, 5.74) is 0.735. The van der Waals surface area contributed by atoms with Crippen LogP contribution in [0.25, 0.3) is 0 Å². The van der Waals surface area contributed by atoms with Crippen LogP contribution in [0, 0.1) is 5.92 Å². The van der Waals surface area contributed by atoms with Crippen molar-refractivity contribution in [1.29, 1.82) is 0 Å². The van der Waals surface area contributed by atoms with E-state index < -0.39 is 0 Å². The van der Waals surface area contributed by atoms with E-state index in [-0.39, 0.29) is 18.3 Å². The van der Waals surface area contributed by atoms with Crippen molar-refractivity contribution >= 4 is 29.9 Å². The zero-order chi connectivity index (χ0) is 13.9. The van der Waals surface area contributed by atoms with Crippen LogP contribution in [0.15, 0.2) is 24.3 Å². The van der Waals surface area contributed by atoms with Gasteiger partial charge in [-0.1, -0.05) is 11.6 Å². The second kappa shape index (κ2) is 7.48. The molecule has 0 unspecified atom stereocenters. The number of carbonyl (C=O) groups is 1. The molecule has 116 valence electrons. The van der Waals surface area contributed by atoms with Gasteiger partial charge >= 0.3 is 0 Å². The van der Waals surface area contributed by atoms with Crippen LogP contribution in [0.5, 0.6) is 0 Å². The average molecular weight is 329 g/mol. The highest BCUT2D eigenvalue weighted by Crippen LogP contribution is 2.28. The Hall–Kier alpha value is -0.770. The fourth-order valence-corrected chi connectivity index (χ4v) is 2.84. The van der Waals surface area contributed by atoms with E-state index in [9.17, 15) is 4.79 Å². The Morgan fingerprint density at radius 1 is 1.14 bits per heavy atom. The van der Waals surface area contributed by atoms with Gasteiger partial charge in [-0.05, 0) is 62.4 Å². The molecule has 0 bridgehead atoms. The Labute approximate surface area is 137 Å². The van der Waals surface area contributed by atoms with Gasteiger partial charge in [0.05, 0.1) is 0 Å². The van der Waals surface area contributed by atoms with Gasteiger partial charge in [0.15, 0.2) is 0 Å². The van der Waals surface area contributed by atoms with Crippen LogP contribution in [0.2, 0.25) is 5.02 Å². The third-order valence-electron chi connectivity index (χ3n) is 4.27. The van der Waals surface area contributed by atoms with Crippen LogP contribution in [0.4, 0.5) is 0 Å². The maximum Gasteiger partial charge on any atom is 0.253 e. The van der Waals surface area contributed by atoms with Crippen LogP contribution in [-0.4, -0.2) is 36.5 Å². The highest BCUT2D eigenvalue weighted by molar-refractivity contribution is 6.30. The van der Waals surface area contributed by atoms with Gasteiger partial charge in [0.1, 0.15) is 0 Å². The minimum Gasteiger partial charge on any atom is -0.339 e. The lowest BCUT2D eigenvalue weighted by atomic mass is 10.0. The molecule has 21 heavy (non-hydrogen) atoms. The number of benzene rings is 1. The Morgan fingerprint density at radius 2 is 1.76 bits per heavy atom. The summed E-state index contributed by atoms with van der Waals surface area (Å²) in [5.74, 6) is 1.05. The van der Waals surface area contributed by atoms with Crippen molar-refractivity contribution in [3.8, 4) is 0 Å². The maximum absolute atomic E-state index is 12.4. The summed E-state index contributed by atoms with van der Waals surface area (Å²) in [6.07, 6.45) is 4.90. The number of rotatable bonds is 4. The van der Waals surface area contributed by atoms with Crippen molar-refractivity contribution in [3.63, 3.8) is 0 Å². The second-order valence-corrected chi connectivity index (χ2v) is 6.36. The number of halogens is 2. The molecule has 0 aromatic heterocycles. The van der Waals surface area contributed by atoms with Crippen molar-refractivity contribution in [2.24, 2.45) is 5.92 Å². The number of piperidine rings is 1. The average Bonchev–Trinajstić information content (AvgIpc) is 3.30. The molecule has 1 aliphatic carbocycles. The van der Waals surface area contributed by atoms with E-state index >= 15 is 0 Å². The fraction of sp³-hybridized carbons (Fsp3) is 0.562. The van der Waals surface area contributed by atoms with E-state index in [0.29, 0.717) is 11.1 Å². The topological polar surface area (TPSA) is 32.3 Å². The van der Waals surface area contributed by atoms with E-state index in [2.05, 4.69) is 5.32 Å². The van der Waals surface area contributed by atoms with E-state index in [0.717, 1.165) is 44.0 Å². The van der Waals surface area contributed by atoms with Crippen molar-refractivity contribution in [1.82, 2.24) is 10.2 Å². The zero-order valence-corrected chi connectivity index (χ0v) is 13.6. The van der Waals surface area contributed by atoms with E-state index in [1.54, 1.807) is 12.1 Å². The van der Waals surface area contributed by atoms with Crippen LogP contribution < -0.4 is 5.32 Å². The van der Waals surface area contributed by atoms with Crippen molar-refractivity contribution in [2.45, 2.75) is 31.7 Å². The zero-order valence-electron chi connectivity index (χ0n) is 12.1. The molecule has 1 saturated heterocycles. The first-order valence-electron chi connectivity index (χ1n) is 7.50. The molecule has 0 atom stereocenters. The summed E-state index contributed by atoms with van der Waals surface area (Å²) in [5, 5.41) is 4.31. The molecule has 5 heteroatoms. The second-order valence-electron chi connectivity index (χ2n) is 5.92. The van der Waals surface area contributed by atoms with Gasteiger partial charge in [-0.2, -0.15) is 0 Å². The first kappa shape index (κ1) is 16.6. The maximum atomic E-state index is 12.4. The summed E-state index contributed by atoms with van der Waals surface area (Å²) in [6.45, 7) is 2.86. The Kier molecular flexibility index (Phi) is 5.91. The highest BCUT2D eigenvalue weighted by Gasteiger charge is 2.26. The van der Waals surface area contributed by atoms with E-state index in [4.69, 9.17) is 11.6 Å². The molecule has 1 aromatic rings. The largest absolute Gasteiger partial charge is 0.339 e. The number of hydrogen-bond donors (Lipinski definition) is 1. The molecular weight excluding hydrogens is 307 g/mol. The van der Waals surface area contributed by atoms with Crippen LogP contribution in [0.3, 0.4) is 0 Å². The number of likely N-dealkylation sites (tertiary alicyclic amines) is 1. The summed E-state index contributed by atoms with van der Waals surface area (Å²) in [4.78, 5) is 14.3. The Bertz CT molecular complexity index is 466. The van der Waals surface area contributed by atoms with Crippen molar-refractivity contribution < 1.29 is 4.79 Å². The molecule has 1 aliphatic heterocycles. The van der Waals surface area contributed by atoms with E-state index in [1.807, 2.05) is 17.0 Å². The minimum atomic E-state index is 0. The van der Waals surface area contributed by atoms with Gasteiger partial charge in [-0.3, -0.25) is 4.79 Å². The predicted molar refractivity (Wildman–Crippen MR) is 88.4 cm³/mol. The molecule has 3 rings (SSSR count). The highest BCUT2D eigenvalue weighted by atomic mass is 35.5. The van der Waals surface area contributed by atoms with Gasteiger partial charge in [-0.25, -0.2) is 0 Å². The predicted octanol–water partition coefficient (Wildman–Crippen LogP) is 3.37. The quantitative estimate of drug-likeness (QED) is 0.919. The first-order chi connectivity index (χ1) is 9.72. The normalized spacial score (nSPS) is 19.2. The summed E-state index contributed by atoms with van der Waals surface area (Å²) >= 11 is 5.85. The van der Waals surface area contributed by atoms with Crippen molar-refractivity contribution in [2.75, 3.05) is 19.6 Å². The molecule has 2 aliphatic rings. The lowest BCUT2D eigenvalue weighted by Crippen LogP contribution is -2.45. The smallest absolute Gasteiger partial charge is 0.253 e. The molecule has 1 heterocycles. The molecular formula is C16H22Cl2N2O. The molecule has 1 N–H and O–H groups in total. The Morgan fingerprint density at radius 3 is 2.33 bits per heavy atom. The minimum absolute atomic E-state index is 0. The molecule has 1 saturated carbocycles. The molecule has 1 aromatic carbocycles. The third-order valence-corrected chi connectivity index (χ3v) is 4.52. The van der Waals surface area contributed by atoms with Gasteiger partial charge < -0.3 is 10.2 Å². The number of carbonyl (C=O) groups excluding carboxylic acids is 1. The van der Waals surface area contributed by atoms with E-state index in [1.165, 1.54) is 12.8 Å². The lowest BCUT2D eigenvalue weighted by molar-refractivity contribution is 0.0705. The van der Waals surface area contributed by atoms with Crippen LogP contribution in [0.1, 0.15) is 36.0 Å².